The number of hydrogen-bond donors (Lipinski definition) is 2. The van der Waals surface area contributed by atoms with Crippen LogP contribution >= 0.6 is 0 Å². The van der Waals surface area contributed by atoms with Crippen LogP contribution in [0.2, 0.25) is 0 Å². The number of hydrogen-bond acceptors (Lipinski definition) is 7. The average Bonchev–Trinajstić information content (AvgIpc) is 2.55. The maximum atomic E-state index is 11.3. The molecule has 0 radical (unpaired) electrons. The lowest BCUT2D eigenvalue weighted by atomic mass is 10.0. The summed E-state index contributed by atoms with van der Waals surface area (Å²) in [5, 5.41) is 14.5. The number of piperidine rings is 1. The number of anilines is 2. The quantitative estimate of drug-likeness (QED) is 0.634. The first-order valence-electron chi connectivity index (χ1n) is 8.34. The summed E-state index contributed by atoms with van der Waals surface area (Å²) in [5.74, 6) is 0.254. The predicted molar refractivity (Wildman–Crippen MR) is 96.2 cm³/mol. The first-order valence-corrected chi connectivity index (χ1v) is 8.34. The first kappa shape index (κ1) is 17.1. The van der Waals surface area contributed by atoms with Crippen molar-refractivity contribution in [3.8, 4) is 0 Å². The summed E-state index contributed by atoms with van der Waals surface area (Å²) in [6.45, 7) is 4.26. The monoisotopic (exact) mass is 342 g/mol. The molecule has 1 saturated heterocycles. The SMILES string of the molecule is Cc1nc(N)nc(NC2CCCN(Cc3ccccc3)C2)c1[N+](=O)[O-]. The molecule has 1 unspecified atom stereocenters. The zero-order valence-electron chi connectivity index (χ0n) is 14.2. The number of nitrogens with two attached hydrogens (primary N) is 1. The molecule has 0 amide bonds. The molecule has 2 aromatic rings. The Kier molecular flexibility index (Phi) is 5.08. The van der Waals surface area contributed by atoms with Crippen molar-refractivity contribution < 1.29 is 4.92 Å². The van der Waals surface area contributed by atoms with Gasteiger partial charge in [0.25, 0.3) is 0 Å². The third-order valence-electron chi connectivity index (χ3n) is 4.35. The van der Waals surface area contributed by atoms with Crippen molar-refractivity contribution in [2.45, 2.75) is 32.4 Å². The molecule has 1 aromatic heterocycles. The third-order valence-corrected chi connectivity index (χ3v) is 4.35. The zero-order chi connectivity index (χ0) is 17.8. The van der Waals surface area contributed by atoms with Crippen molar-refractivity contribution in [2.24, 2.45) is 0 Å². The number of nitro groups is 1. The Labute approximate surface area is 146 Å². The highest BCUT2D eigenvalue weighted by molar-refractivity contribution is 5.60. The largest absolute Gasteiger partial charge is 0.368 e. The van der Waals surface area contributed by atoms with E-state index in [4.69, 9.17) is 5.73 Å². The second kappa shape index (κ2) is 7.43. The summed E-state index contributed by atoms with van der Waals surface area (Å²) in [4.78, 5) is 21.2. The van der Waals surface area contributed by atoms with Gasteiger partial charge in [-0.1, -0.05) is 30.3 Å². The van der Waals surface area contributed by atoms with Gasteiger partial charge in [-0.25, -0.2) is 4.98 Å². The van der Waals surface area contributed by atoms with Crippen molar-refractivity contribution in [1.29, 1.82) is 0 Å². The Morgan fingerprint density at radius 3 is 2.84 bits per heavy atom. The summed E-state index contributed by atoms with van der Waals surface area (Å²) in [5.41, 5.74) is 7.10. The molecular weight excluding hydrogens is 320 g/mol. The minimum atomic E-state index is -0.457. The maximum Gasteiger partial charge on any atom is 0.332 e. The van der Waals surface area contributed by atoms with Crippen LogP contribution in [0, 0.1) is 17.0 Å². The normalized spacial score (nSPS) is 18.0. The molecule has 0 bridgehead atoms. The lowest BCUT2D eigenvalue weighted by Crippen LogP contribution is -2.41. The minimum absolute atomic E-state index is 0.0440. The van der Waals surface area contributed by atoms with E-state index >= 15 is 0 Å². The molecule has 3 rings (SSSR count). The van der Waals surface area contributed by atoms with Crippen LogP contribution in [0.15, 0.2) is 30.3 Å². The molecule has 0 saturated carbocycles. The second-order valence-electron chi connectivity index (χ2n) is 6.33. The van der Waals surface area contributed by atoms with Crippen molar-refractivity contribution in [3.05, 3.63) is 51.7 Å². The average molecular weight is 342 g/mol. The van der Waals surface area contributed by atoms with E-state index in [1.807, 2.05) is 18.2 Å². The lowest BCUT2D eigenvalue weighted by Gasteiger charge is -2.33. The Hall–Kier alpha value is -2.74. The van der Waals surface area contributed by atoms with Crippen molar-refractivity contribution in [3.63, 3.8) is 0 Å². The molecule has 8 nitrogen and oxygen atoms in total. The summed E-state index contributed by atoms with van der Waals surface area (Å²) in [7, 11) is 0. The van der Waals surface area contributed by atoms with E-state index in [0.29, 0.717) is 0 Å². The van der Waals surface area contributed by atoms with E-state index in [2.05, 4.69) is 32.3 Å². The van der Waals surface area contributed by atoms with E-state index in [1.54, 1.807) is 6.92 Å². The van der Waals surface area contributed by atoms with Gasteiger partial charge in [0.2, 0.25) is 11.8 Å². The second-order valence-corrected chi connectivity index (χ2v) is 6.33. The molecule has 0 spiro atoms. The van der Waals surface area contributed by atoms with Crippen molar-refractivity contribution >= 4 is 17.5 Å². The van der Waals surface area contributed by atoms with E-state index in [-0.39, 0.29) is 29.2 Å². The minimum Gasteiger partial charge on any atom is -0.368 e. The standard InChI is InChI=1S/C17H22N6O2/c1-12-15(23(24)25)16(21-17(18)19-12)20-14-8-5-9-22(11-14)10-13-6-3-2-4-7-13/h2-4,6-7,14H,5,8-11H2,1H3,(H3,18,19,20,21). The van der Waals surface area contributed by atoms with Gasteiger partial charge in [0.15, 0.2) is 0 Å². The van der Waals surface area contributed by atoms with E-state index in [1.165, 1.54) is 5.56 Å². The van der Waals surface area contributed by atoms with Crippen LogP contribution in [0.25, 0.3) is 0 Å². The molecule has 1 aliphatic heterocycles. The van der Waals surface area contributed by atoms with Gasteiger partial charge in [-0.05, 0) is 31.9 Å². The fourth-order valence-electron chi connectivity index (χ4n) is 3.26. The topological polar surface area (TPSA) is 110 Å². The summed E-state index contributed by atoms with van der Waals surface area (Å²) in [6.07, 6.45) is 1.96. The molecule has 25 heavy (non-hydrogen) atoms. The summed E-state index contributed by atoms with van der Waals surface area (Å²) in [6, 6.07) is 10.4. The third kappa shape index (κ3) is 4.21. The molecule has 0 aliphatic carbocycles. The van der Waals surface area contributed by atoms with Crippen molar-refractivity contribution in [2.75, 3.05) is 24.1 Å². The number of aryl methyl sites for hydroxylation is 1. The number of aromatic nitrogens is 2. The van der Waals surface area contributed by atoms with Crippen LogP contribution in [-0.2, 0) is 6.54 Å². The van der Waals surface area contributed by atoms with Gasteiger partial charge in [-0.2, -0.15) is 4.98 Å². The zero-order valence-corrected chi connectivity index (χ0v) is 14.2. The summed E-state index contributed by atoms with van der Waals surface area (Å²) >= 11 is 0. The van der Waals surface area contributed by atoms with Crippen LogP contribution in [0.5, 0.6) is 0 Å². The Morgan fingerprint density at radius 1 is 1.36 bits per heavy atom. The molecule has 1 aliphatic rings. The van der Waals surface area contributed by atoms with Gasteiger partial charge in [-0.3, -0.25) is 15.0 Å². The maximum absolute atomic E-state index is 11.3. The van der Waals surface area contributed by atoms with Crippen LogP contribution < -0.4 is 11.1 Å². The molecular formula is C17H22N6O2. The van der Waals surface area contributed by atoms with E-state index < -0.39 is 4.92 Å². The predicted octanol–water partition coefficient (Wildman–Crippen LogP) is 2.35. The summed E-state index contributed by atoms with van der Waals surface area (Å²) < 4.78 is 0. The lowest BCUT2D eigenvalue weighted by molar-refractivity contribution is -0.385. The van der Waals surface area contributed by atoms with E-state index in [0.717, 1.165) is 32.5 Å². The number of rotatable bonds is 5. The van der Waals surface area contributed by atoms with E-state index in [9.17, 15) is 10.1 Å². The van der Waals surface area contributed by atoms with Gasteiger partial charge < -0.3 is 11.1 Å². The molecule has 2 heterocycles. The van der Waals surface area contributed by atoms with Crippen LogP contribution in [0.1, 0.15) is 24.1 Å². The molecule has 132 valence electrons. The number of nitrogen functional groups attached to an aromatic ring is 1. The van der Waals surface area contributed by atoms with Gasteiger partial charge in [-0.15, -0.1) is 0 Å². The fourth-order valence-corrected chi connectivity index (χ4v) is 3.26. The molecule has 1 fully saturated rings. The van der Waals surface area contributed by atoms with Gasteiger partial charge in [0.05, 0.1) is 4.92 Å². The van der Waals surface area contributed by atoms with Gasteiger partial charge in [0, 0.05) is 19.1 Å². The first-order chi connectivity index (χ1) is 12.0. The fraction of sp³-hybridized carbons (Fsp3) is 0.412. The van der Waals surface area contributed by atoms with Crippen molar-refractivity contribution in [1.82, 2.24) is 14.9 Å². The van der Waals surface area contributed by atoms with Gasteiger partial charge >= 0.3 is 5.69 Å². The number of nitrogens with zero attached hydrogens (tertiary/aromatic N) is 4. The number of likely N-dealkylation sites (tertiary alicyclic amines) is 1. The smallest absolute Gasteiger partial charge is 0.332 e. The molecule has 3 N–H and O–H groups in total. The highest BCUT2D eigenvalue weighted by Gasteiger charge is 2.26. The Morgan fingerprint density at radius 2 is 2.12 bits per heavy atom. The highest BCUT2D eigenvalue weighted by atomic mass is 16.6. The highest BCUT2D eigenvalue weighted by Crippen LogP contribution is 2.27. The molecule has 1 aromatic carbocycles. The van der Waals surface area contributed by atoms with Crippen LogP contribution in [0.3, 0.4) is 0 Å². The molecule has 1 atom stereocenters. The van der Waals surface area contributed by atoms with Crippen LogP contribution in [-0.4, -0.2) is 38.9 Å². The number of nitrogens with one attached hydrogen (secondary N) is 1. The van der Waals surface area contributed by atoms with Gasteiger partial charge in [0.1, 0.15) is 5.69 Å². The molecule has 8 heteroatoms. The Bertz CT molecular complexity index is 752. The number of benzene rings is 1. The van der Waals surface area contributed by atoms with Crippen LogP contribution in [0.4, 0.5) is 17.5 Å². The Balaban J connectivity index is 1.72.